The number of hydrogen-bond acceptors (Lipinski definition) is 5. The van der Waals surface area contributed by atoms with E-state index in [2.05, 4.69) is 15.3 Å². The van der Waals surface area contributed by atoms with Gasteiger partial charge in [-0.15, -0.1) is 0 Å². The number of hydrogen-bond donors (Lipinski definition) is 1. The molecule has 134 valence electrons. The zero-order valence-corrected chi connectivity index (χ0v) is 14.6. The highest BCUT2D eigenvalue weighted by Crippen LogP contribution is 2.18. The molecule has 0 radical (unpaired) electrons. The summed E-state index contributed by atoms with van der Waals surface area (Å²) in [6.07, 6.45) is 0. The molecule has 0 atom stereocenters. The first-order valence-electron chi connectivity index (χ1n) is 8.19. The number of rotatable bonds is 2. The van der Waals surface area contributed by atoms with Crippen molar-refractivity contribution in [1.82, 2.24) is 19.1 Å². The van der Waals surface area contributed by atoms with Crippen LogP contribution in [-0.2, 0) is 14.1 Å². The summed E-state index contributed by atoms with van der Waals surface area (Å²) in [5.74, 6) is -0.245. The van der Waals surface area contributed by atoms with E-state index >= 15 is 0 Å². The Morgan fingerprint density at radius 1 is 0.926 bits per heavy atom. The molecule has 1 N–H and O–H groups in total. The van der Waals surface area contributed by atoms with Gasteiger partial charge in [0.15, 0.2) is 11.2 Å². The second-order valence-electron chi connectivity index (χ2n) is 6.13. The van der Waals surface area contributed by atoms with Crippen LogP contribution in [0.2, 0.25) is 0 Å². The standard InChI is InChI=1S/C19H15N5O3/c1-23-16-15(18(26)24(2)19(23)27)21-13-9-8-12(10-14(13)22-16)20-17(25)11-6-4-3-5-7-11/h3-10H,1-2H3,(H,20,25). The largest absolute Gasteiger partial charge is 0.332 e. The molecular formula is C19H15N5O3. The Bertz CT molecular complexity index is 1320. The van der Waals surface area contributed by atoms with E-state index in [1.54, 1.807) is 42.5 Å². The summed E-state index contributed by atoms with van der Waals surface area (Å²) >= 11 is 0. The number of carbonyl (C=O) groups is 1. The first-order valence-corrected chi connectivity index (χ1v) is 8.19. The van der Waals surface area contributed by atoms with Crippen LogP contribution in [0.25, 0.3) is 22.2 Å². The first kappa shape index (κ1) is 16.6. The van der Waals surface area contributed by atoms with Gasteiger partial charge in [-0.2, -0.15) is 0 Å². The van der Waals surface area contributed by atoms with Crippen molar-refractivity contribution < 1.29 is 4.79 Å². The zero-order valence-electron chi connectivity index (χ0n) is 14.6. The van der Waals surface area contributed by atoms with E-state index in [0.717, 1.165) is 4.57 Å². The molecule has 0 bridgehead atoms. The Kier molecular flexibility index (Phi) is 3.80. The molecule has 4 aromatic rings. The molecule has 2 heterocycles. The fourth-order valence-electron chi connectivity index (χ4n) is 2.85. The maximum absolute atomic E-state index is 12.3. The summed E-state index contributed by atoms with van der Waals surface area (Å²) in [7, 11) is 2.93. The SMILES string of the molecule is Cn1c(=O)c2nc3ccc(NC(=O)c4ccccc4)cc3nc2n(C)c1=O. The summed E-state index contributed by atoms with van der Waals surface area (Å²) in [4.78, 5) is 45.5. The number of amides is 1. The van der Waals surface area contributed by atoms with Gasteiger partial charge >= 0.3 is 5.69 Å². The summed E-state index contributed by atoms with van der Waals surface area (Å²) in [6.45, 7) is 0. The third-order valence-corrected chi connectivity index (χ3v) is 4.34. The first-order chi connectivity index (χ1) is 13.0. The van der Waals surface area contributed by atoms with Gasteiger partial charge in [-0.25, -0.2) is 14.8 Å². The molecule has 1 amide bonds. The maximum Gasteiger partial charge on any atom is 0.332 e. The number of nitrogens with zero attached hydrogens (tertiary/aromatic N) is 4. The van der Waals surface area contributed by atoms with Crippen LogP contribution in [0.15, 0.2) is 58.1 Å². The molecule has 0 aliphatic rings. The van der Waals surface area contributed by atoms with Crippen molar-refractivity contribution in [2.24, 2.45) is 14.1 Å². The molecule has 0 fully saturated rings. The lowest BCUT2D eigenvalue weighted by Gasteiger charge is -2.09. The van der Waals surface area contributed by atoms with Crippen LogP contribution >= 0.6 is 0 Å². The van der Waals surface area contributed by atoms with Gasteiger partial charge in [0.1, 0.15) is 0 Å². The van der Waals surface area contributed by atoms with Crippen LogP contribution in [0.5, 0.6) is 0 Å². The molecular weight excluding hydrogens is 346 g/mol. The van der Waals surface area contributed by atoms with E-state index in [0.29, 0.717) is 22.3 Å². The smallest absolute Gasteiger partial charge is 0.322 e. The van der Waals surface area contributed by atoms with E-state index in [1.807, 2.05) is 6.07 Å². The number of anilines is 1. The van der Waals surface area contributed by atoms with Gasteiger partial charge < -0.3 is 5.32 Å². The van der Waals surface area contributed by atoms with Gasteiger partial charge in [-0.3, -0.25) is 18.7 Å². The fourth-order valence-corrected chi connectivity index (χ4v) is 2.85. The number of nitrogens with one attached hydrogen (secondary N) is 1. The second kappa shape index (κ2) is 6.17. The van der Waals surface area contributed by atoms with Gasteiger partial charge in [-0.1, -0.05) is 18.2 Å². The van der Waals surface area contributed by atoms with Crippen molar-refractivity contribution in [3.63, 3.8) is 0 Å². The lowest BCUT2D eigenvalue weighted by atomic mass is 10.2. The van der Waals surface area contributed by atoms with Crippen LogP contribution in [-0.4, -0.2) is 25.0 Å². The molecule has 27 heavy (non-hydrogen) atoms. The van der Waals surface area contributed by atoms with Crippen molar-refractivity contribution in [3.05, 3.63) is 74.9 Å². The minimum atomic E-state index is -0.496. The maximum atomic E-state index is 12.3. The van der Waals surface area contributed by atoms with E-state index in [4.69, 9.17) is 0 Å². The lowest BCUT2D eigenvalue weighted by Crippen LogP contribution is -2.37. The highest BCUT2D eigenvalue weighted by Gasteiger charge is 2.13. The third kappa shape index (κ3) is 2.77. The van der Waals surface area contributed by atoms with E-state index in [-0.39, 0.29) is 17.1 Å². The lowest BCUT2D eigenvalue weighted by molar-refractivity contribution is 0.102. The number of aryl methyl sites for hydroxylation is 1. The predicted octanol–water partition coefficient (Wildman–Crippen LogP) is 1.43. The van der Waals surface area contributed by atoms with Crippen LogP contribution in [0.3, 0.4) is 0 Å². The van der Waals surface area contributed by atoms with E-state index in [1.165, 1.54) is 18.7 Å². The Morgan fingerprint density at radius 2 is 1.67 bits per heavy atom. The van der Waals surface area contributed by atoms with Crippen molar-refractivity contribution in [1.29, 1.82) is 0 Å². The highest BCUT2D eigenvalue weighted by molar-refractivity contribution is 6.05. The van der Waals surface area contributed by atoms with Gasteiger partial charge in [0.25, 0.3) is 11.5 Å². The third-order valence-electron chi connectivity index (χ3n) is 4.34. The Morgan fingerprint density at radius 3 is 2.41 bits per heavy atom. The van der Waals surface area contributed by atoms with E-state index in [9.17, 15) is 14.4 Å². The second-order valence-corrected chi connectivity index (χ2v) is 6.13. The molecule has 0 aliphatic carbocycles. The van der Waals surface area contributed by atoms with Crippen molar-refractivity contribution in [2.75, 3.05) is 5.32 Å². The Hall–Kier alpha value is -3.81. The van der Waals surface area contributed by atoms with Crippen molar-refractivity contribution in [3.8, 4) is 0 Å². The van der Waals surface area contributed by atoms with Gasteiger partial charge in [0.2, 0.25) is 0 Å². The molecule has 0 saturated heterocycles. The predicted molar refractivity (Wildman–Crippen MR) is 102 cm³/mol. The molecule has 8 nitrogen and oxygen atoms in total. The van der Waals surface area contributed by atoms with Gasteiger partial charge in [0, 0.05) is 25.3 Å². The van der Waals surface area contributed by atoms with Gasteiger partial charge in [0.05, 0.1) is 11.0 Å². The monoisotopic (exact) mass is 361 g/mol. The average molecular weight is 361 g/mol. The van der Waals surface area contributed by atoms with Crippen LogP contribution in [0.4, 0.5) is 5.69 Å². The Balaban J connectivity index is 1.83. The molecule has 0 aliphatic heterocycles. The zero-order chi connectivity index (χ0) is 19.1. The molecule has 2 aromatic heterocycles. The topological polar surface area (TPSA) is 98.9 Å². The van der Waals surface area contributed by atoms with Crippen molar-refractivity contribution >= 4 is 33.8 Å². The fraction of sp³-hybridized carbons (Fsp3) is 0.105. The molecule has 2 aromatic carbocycles. The molecule has 4 rings (SSSR count). The highest BCUT2D eigenvalue weighted by atomic mass is 16.2. The number of fused-ring (bicyclic) bond motifs is 2. The molecule has 8 heteroatoms. The summed E-state index contributed by atoms with van der Waals surface area (Å²) in [5.41, 5.74) is 1.38. The number of benzene rings is 2. The summed E-state index contributed by atoms with van der Waals surface area (Å²) in [6, 6.07) is 13.9. The minimum Gasteiger partial charge on any atom is -0.322 e. The average Bonchev–Trinajstić information content (AvgIpc) is 2.70. The van der Waals surface area contributed by atoms with Gasteiger partial charge in [-0.05, 0) is 30.3 Å². The van der Waals surface area contributed by atoms with Crippen LogP contribution < -0.4 is 16.6 Å². The summed E-state index contributed by atoms with van der Waals surface area (Å²) < 4.78 is 2.27. The number of aromatic nitrogens is 4. The summed E-state index contributed by atoms with van der Waals surface area (Å²) in [5, 5.41) is 2.80. The molecule has 0 unspecified atom stereocenters. The van der Waals surface area contributed by atoms with Crippen LogP contribution in [0.1, 0.15) is 10.4 Å². The molecule has 0 saturated carbocycles. The quantitative estimate of drug-likeness (QED) is 0.545. The number of carbonyl (C=O) groups excluding carboxylic acids is 1. The van der Waals surface area contributed by atoms with E-state index < -0.39 is 11.2 Å². The normalized spacial score (nSPS) is 11.0. The van der Waals surface area contributed by atoms with Crippen LogP contribution in [0, 0.1) is 0 Å². The minimum absolute atomic E-state index is 0.119. The van der Waals surface area contributed by atoms with Crippen molar-refractivity contribution in [2.45, 2.75) is 0 Å². The Labute approximate surface area is 152 Å². The molecule has 0 spiro atoms.